The molecule has 19 heavy (non-hydrogen) atoms. The SMILES string of the molecule is O=S(=O)(NCCn1cccn1)c1ccc(Cl)c(Cl)c1. The van der Waals surface area contributed by atoms with Gasteiger partial charge in [-0.05, 0) is 24.3 Å². The van der Waals surface area contributed by atoms with Crippen LogP contribution in [0.5, 0.6) is 0 Å². The molecule has 0 saturated carbocycles. The predicted molar refractivity (Wildman–Crippen MR) is 73.9 cm³/mol. The molecule has 0 unspecified atom stereocenters. The van der Waals surface area contributed by atoms with Crippen LogP contribution in [0.25, 0.3) is 0 Å². The second-order valence-corrected chi connectivity index (χ2v) is 6.32. The van der Waals surface area contributed by atoms with Gasteiger partial charge in [0.15, 0.2) is 0 Å². The van der Waals surface area contributed by atoms with Crippen molar-refractivity contribution in [1.29, 1.82) is 0 Å². The summed E-state index contributed by atoms with van der Waals surface area (Å²) >= 11 is 11.5. The Labute approximate surface area is 121 Å². The molecule has 0 amide bonds. The average molecular weight is 320 g/mol. The van der Waals surface area contributed by atoms with Gasteiger partial charge in [-0.3, -0.25) is 4.68 Å². The van der Waals surface area contributed by atoms with Crippen molar-refractivity contribution in [3.63, 3.8) is 0 Å². The Balaban J connectivity index is 2.03. The summed E-state index contributed by atoms with van der Waals surface area (Å²) in [6.45, 7) is 0.692. The first-order chi connectivity index (χ1) is 8.99. The second kappa shape index (κ2) is 5.92. The van der Waals surface area contributed by atoms with Crippen molar-refractivity contribution in [3.05, 3.63) is 46.7 Å². The molecule has 0 aliphatic carbocycles. The van der Waals surface area contributed by atoms with Crippen LogP contribution in [0.3, 0.4) is 0 Å². The van der Waals surface area contributed by atoms with Crippen LogP contribution in [0, 0.1) is 0 Å². The molecular formula is C11H11Cl2N3O2S. The molecule has 2 rings (SSSR count). The van der Waals surface area contributed by atoms with Crippen molar-refractivity contribution < 1.29 is 8.42 Å². The van der Waals surface area contributed by atoms with Crippen LogP contribution in [-0.2, 0) is 16.6 Å². The van der Waals surface area contributed by atoms with Gasteiger partial charge in [0, 0.05) is 18.9 Å². The zero-order valence-corrected chi connectivity index (χ0v) is 12.1. The summed E-state index contributed by atoms with van der Waals surface area (Å²) in [6.07, 6.45) is 3.39. The van der Waals surface area contributed by atoms with Crippen LogP contribution in [-0.4, -0.2) is 24.7 Å². The van der Waals surface area contributed by atoms with Crippen LogP contribution in [0.15, 0.2) is 41.6 Å². The largest absolute Gasteiger partial charge is 0.271 e. The molecule has 1 heterocycles. The Morgan fingerprint density at radius 1 is 1.26 bits per heavy atom. The van der Waals surface area contributed by atoms with Gasteiger partial charge in [-0.25, -0.2) is 13.1 Å². The fourth-order valence-electron chi connectivity index (χ4n) is 1.45. The number of hydrogen-bond donors (Lipinski definition) is 1. The Morgan fingerprint density at radius 3 is 2.68 bits per heavy atom. The molecule has 0 aliphatic heterocycles. The standard InChI is InChI=1S/C11H11Cl2N3O2S/c12-10-3-2-9(8-11(10)13)19(17,18)15-5-7-16-6-1-4-14-16/h1-4,6,8,15H,5,7H2. The summed E-state index contributed by atoms with van der Waals surface area (Å²) in [6, 6.07) is 5.95. The molecule has 8 heteroatoms. The van der Waals surface area contributed by atoms with Gasteiger partial charge in [0.2, 0.25) is 10.0 Å². The van der Waals surface area contributed by atoms with E-state index in [2.05, 4.69) is 9.82 Å². The first kappa shape index (κ1) is 14.3. The topological polar surface area (TPSA) is 64.0 Å². The third-order valence-corrected chi connectivity index (χ3v) is 4.59. The van der Waals surface area contributed by atoms with E-state index in [0.29, 0.717) is 11.6 Å². The maximum Gasteiger partial charge on any atom is 0.240 e. The lowest BCUT2D eigenvalue weighted by Gasteiger charge is -2.07. The van der Waals surface area contributed by atoms with Gasteiger partial charge in [0.05, 0.1) is 21.5 Å². The second-order valence-electron chi connectivity index (χ2n) is 3.74. The summed E-state index contributed by atoms with van der Waals surface area (Å²) in [5.41, 5.74) is 0. The maximum absolute atomic E-state index is 12.0. The zero-order valence-electron chi connectivity index (χ0n) is 9.75. The van der Waals surface area contributed by atoms with Gasteiger partial charge in [0.1, 0.15) is 0 Å². The molecule has 1 aromatic carbocycles. The monoisotopic (exact) mass is 319 g/mol. The summed E-state index contributed by atoms with van der Waals surface area (Å²) in [5, 5.41) is 4.50. The number of benzene rings is 1. The van der Waals surface area contributed by atoms with Crippen molar-refractivity contribution in [2.75, 3.05) is 6.54 Å². The third-order valence-electron chi connectivity index (χ3n) is 2.39. The minimum Gasteiger partial charge on any atom is -0.271 e. The molecule has 102 valence electrons. The average Bonchev–Trinajstić information content (AvgIpc) is 2.85. The van der Waals surface area contributed by atoms with Gasteiger partial charge in [-0.1, -0.05) is 23.2 Å². The lowest BCUT2D eigenvalue weighted by atomic mass is 10.4. The van der Waals surface area contributed by atoms with Gasteiger partial charge in [-0.15, -0.1) is 0 Å². The van der Waals surface area contributed by atoms with E-state index in [4.69, 9.17) is 23.2 Å². The molecule has 0 bridgehead atoms. The normalized spacial score (nSPS) is 11.7. The minimum atomic E-state index is -3.59. The van der Waals surface area contributed by atoms with Gasteiger partial charge >= 0.3 is 0 Å². The summed E-state index contributed by atoms with van der Waals surface area (Å²) in [7, 11) is -3.59. The van der Waals surface area contributed by atoms with Crippen molar-refractivity contribution in [2.45, 2.75) is 11.4 Å². The lowest BCUT2D eigenvalue weighted by molar-refractivity contribution is 0.561. The van der Waals surface area contributed by atoms with Crippen molar-refractivity contribution in [1.82, 2.24) is 14.5 Å². The van der Waals surface area contributed by atoms with E-state index in [1.807, 2.05) is 0 Å². The summed E-state index contributed by atoms with van der Waals surface area (Å²) < 4.78 is 28.1. The predicted octanol–water partition coefficient (Wildman–Crippen LogP) is 2.17. The molecule has 1 N–H and O–H groups in total. The number of nitrogens with zero attached hydrogens (tertiary/aromatic N) is 2. The molecule has 2 aromatic rings. The molecule has 1 aromatic heterocycles. The van der Waals surface area contributed by atoms with Crippen LogP contribution in [0.4, 0.5) is 0 Å². The fraction of sp³-hybridized carbons (Fsp3) is 0.182. The highest BCUT2D eigenvalue weighted by Gasteiger charge is 2.14. The fourth-order valence-corrected chi connectivity index (χ4v) is 2.86. The number of halogens is 2. The molecule has 0 radical (unpaired) electrons. The molecule has 0 atom stereocenters. The Morgan fingerprint density at radius 2 is 2.05 bits per heavy atom. The summed E-state index contributed by atoms with van der Waals surface area (Å²) in [5.74, 6) is 0. The van der Waals surface area contributed by atoms with Crippen molar-refractivity contribution in [3.8, 4) is 0 Å². The minimum absolute atomic E-state index is 0.0855. The van der Waals surface area contributed by atoms with E-state index in [9.17, 15) is 8.42 Å². The van der Waals surface area contributed by atoms with Crippen molar-refractivity contribution >= 4 is 33.2 Å². The number of nitrogens with one attached hydrogen (secondary N) is 1. The van der Waals surface area contributed by atoms with Crippen LogP contribution in [0.1, 0.15) is 0 Å². The van der Waals surface area contributed by atoms with E-state index in [-0.39, 0.29) is 16.5 Å². The van der Waals surface area contributed by atoms with E-state index < -0.39 is 10.0 Å². The number of sulfonamides is 1. The van der Waals surface area contributed by atoms with Crippen molar-refractivity contribution in [2.24, 2.45) is 0 Å². The molecule has 5 nitrogen and oxygen atoms in total. The molecule has 0 saturated heterocycles. The third kappa shape index (κ3) is 3.70. The molecule has 0 spiro atoms. The molecular weight excluding hydrogens is 309 g/mol. The highest BCUT2D eigenvalue weighted by atomic mass is 35.5. The lowest BCUT2D eigenvalue weighted by Crippen LogP contribution is -2.27. The highest BCUT2D eigenvalue weighted by molar-refractivity contribution is 7.89. The van der Waals surface area contributed by atoms with Crippen LogP contribution < -0.4 is 4.72 Å². The van der Waals surface area contributed by atoms with E-state index in [1.54, 1.807) is 23.1 Å². The number of aromatic nitrogens is 2. The number of rotatable bonds is 5. The number of hydrogen-bond acceptors (Lipinski definition) is 3. The zero-order chi connectivity index (χ0) is 13.9. The molecule has 0 fully saturated rings. The van der Waals surface area contributed by atoms with Crippen LogP contribution in [0.2, 0.25) is 10.0 Å². The Bertz CT molecular complexity index is 657. The van der Waals surface area contributed by atoms with E-state index in [1.165, 1.54) is 18.2 Å². The van der Waals surface area contributed by atoms with Crippen LogP contribution >= 0.6 is 23.2 Å². The quantitative estimate of drug-likeness (QED) is 0.918. The van der Waals surface area contributed by atoms with E-state index >= 15 is 0 Å². The van der Waals surface area contributed by atoms with Gasteiger partial charge in [-0.2, -0.15) is 5.10 Å². The maximum atomic E-state index is 12.0. The van der Waals surface area contributed by atoms with E-state index in [0.717, 1.165) is 0 Å². The van der Waals surface area contributed by atoms with Gasteiger partial charge < -0.3 is 0 Å². The van der Waals surface area contributed by atoms with Gasteiger partial charge in [0.25, 0.3) is 0 Å². The Kier molecular flexibility index (Phi) is 4.46. The molecule has 0 aliphatic rings. The first-order valence-corrected chi connectivity index (χ1v) is 7.65. The first-order valence-electron chi connectivity index (χ1n) is 5.41. The highest BCUT2D eigenvalue weighted by Crippen LogP contribution is 2.24. The summed E-state index contributed by atoms with van der Waals surface area (Å²) in [4.78, 5) is 0.0855. The smallest absolute Gasteiger partial charge is 0.240 e. The Hall–Kier alpha value is -1.08.